The summed E-state index contributed by atoms with van der Waals surface area (Å²) in [4.78, 5) is 26.1. The van der Waals surface area contributed by atoms with Gasteiger partial charge in [0.2, 0.25) is 11.8 Å². The highest BCUT2D eigenvalue weighted by Gasteiger charge is 2.33. The van der Waals surface area contributed by atoms with Crippen molar-refractivity contribution in [2.45, 2.75) is 82.8 Å². The van der Waals surface area contributed by atoms with Gasteiger partial charge in [0.25, 0.3) is 0 Å². The molecule has 2 saturated carbocycles. The summed E-state index contributed by atoms with van der Waals surface area (Å²) in [6.45, 7) is 0.320. The van der Waals surface area contributed by atoms with Crippen molar-refractivity contribution in [3.8, 4) is 0 Å². The highest BCUT2D eigenvalue weighted by atomic mass is 32.2. The Morgan fingerprint density at radius 1 is 1.00 bits per heavy atom. The van der Waals surface area contributed by atoms with Crippen LogP contribution in [0.3, 0.4) is 0 Å². The molecule has 1 atom stereocenters. The number of nitrogens with one attached hydrogen (secondary N) is 2. The molecule has 0 aromatic heterocycles. The van der Waals surface area contributed by atoms with E-state index in [0.29, 0.717) is 19.4 Å². The molecule has 35 heavy (non-hydrogen) atoms. The fourth-order valence-corrected chi connectivity index (χ4v) is 7.30. The van der Waals surface area contributed by atoms with Crippen molar-refractivity contribution in [2.75, 3.05) is 32.3 Å². The minimum absolute atomic E-state index is 0.0847. The van der Waals surface area contributed by atoms with Crippen LogP contribution >= 0.6 is 0 Å². The van der Waals surface area contributed by atoms with Crippen LogP contribution in [0.25, 0.3) is 0 Å². The maximum atomic E-state index is 13.1. The van der Waals surface area contributed by atoms with Gasteiger partial charge in [-0.15, -0.1) is 0 Å². The molecule has 0 aromatic rings. The van der Waals surface area contributed by atoms with Gasteiger partial charge in [0.1, 0.15) is 6.04 Å². The van der Waals surface area contributed by atoms with Gasteiger partial charge in [0.15, 0.2) is 9.84 Å². The lowest BCUT2D eigenvalue weighted by Crippen LogP contribution is -2.52. The van der Waals surface area contributed by atoms with Crippen molar-refractivity contribution in [3.63, 3.8) is 0 Å². The second kappa shape index (κ2) is 13.4. The summed E-state index contributed by atoms with van der Waals surface area (Å²) in [5.74, 6) is -0.149. The Bertz CT molecular complexity index is 884. The van der Waals surface area contributed by atoms with Crippen LogP contribution < -0.4 is 10.6 Å². The maximum absolute atomic E-state index is 13.1. The topological polar surface area (TPSA) is 111 Å². The molecule has 3 aliphatic rings. The van der Waals surface area contributed by atoms with Crippen LogP contribution in [0, 0.1) is 11.8 Å². The molecule has 3 rings (SSSR count). The molecule has 3 aliphatic carbocycles. The Morgan fingerprint density at radius 2 is 1.71 bits per heavy atom. The number of allylic oxidation sites excluding steroid dienone is 3. The predicted octanol–water partition coefficient (Wildman–Crippen LogP) is 3.04. The Hall–Kier alpha value is -1.87. The van der Waals surface area contributed by atoms with Crippen LogP contribution in [-0.2, 0) is 28.9 Å². The molecule has 198 valence electrons. The van der Waals surface area contributed by atoms with Gasteiger partial charge in [-0.2, -0.15) is 0 Å². The summed E-state index contributed by atoms with van der Waals surface area (Å²) < 4.78 is 36.7. The number of carbonyl (C=O) groups is 2. The summed E-state index contributed by atoms with van der Waals surface area (Å²) in [6.07, 6.45) is 13.5. The minimum atomic E-state index is -3.50. The summed E-state index contributed by atoms with van der Waals surface area (Å²) in [7, 11) is -0.194. The first-order valence-corrected chi connectivity index (χ1v) is 14.9. The summed E-state index contributed by atoms with van der Waals surface area (Å²) in [5.41, 5.74) is 1.03. The van der Waals surface area contributed by atoms with Gasteiger partial charge >= 0.3 is 0 Å². The lowest BCUT2D eigenvalue weighted by Gasteiger charge is -2.28. The van der Waals surface area contributed by atoms with E-state index in [1.165, 1.54) is 0 Å². The molecule has 2 amide bonds. The van der Waals surface area contributed by atoms with Gasteiger partial charge in [0, 0.05) is 26.0 Å². The standard InChI is InChI=1S/C26H42N2O6S/c1-33-22-12-8-19(9-13-22)16-27-26(30)24(18-35(31,32)17-20-6-4-3-5-7-20)28-25(29)21-10-14-23(34-2)15-11-21/h8,12,20-21,23-24H,3-7,9-11,13-18H2,1-2H3,(H,27,30)(H,28,29)/t21?,23?,24-/m0/s1. The molecule has 0 spiro atoms. The van der Waals surface area contributed by atoms with E-state index in [0.717, 1.165) is 69.1 Å². The third-order valence-electron chi connectivity index (χ3n) is 7.60. The number of ether oxygens (including phenoxy) is 2. The van der Waals surface area contributed by atoms with Crippen molar-refractivity contribution in [1.82, 2.24) is 10.6 Å². The van der Waals surface area contributed by atoms with E-state index in [1.54, 1.807) is 14.2 Å². The van der Waals surface area contributed by atoms with Crippen molar-refractivity contribution >= 4 is 21.7 Å². The molecule has 0 bridgehead atoms. The zero-order valence-corrected chi connectivity index (χ0v) is 22.0. The minimum Gasteiger partial charge on any atom is -0.501 e. The number of carbonyl (C=O) groups excluding carboxylic acids is 2. The SMILES string of the molecule is COC1=CC=C(CNC(=O)[C@H](CS(=O)(=O)CC2CCCCC2)NC(=O)C2CCC(OC)CC2)CC1. The zero-order valence-electron chi connectivity index (χ0n) is 21.2. The highest BCUT2D eigenvalue weighted by molar-refractivity contribution is 7.91. The molecular weight excluding hydrogens is 468 g/mol. The van der Waals surface area contributed by atoms with Crippen LogP contribution in [0.2, 0.25) is 0 Å². The van der Waals surface area contributed by atoms with Crippen LogP contribution in [-0.4, -0.2) is 64.6 Å². The van der Waals surface area contributed by atoms with Gasteiger partial charge in [-0.05, 0) is 56.9 Å². The molecule has 0 aliphatic heterocycles. The molecule has 8 nitrogen and oxygen atoms in total. The van der Waals surface area contributed by atoms with Crippen LogP contribution in [0.4, 0.5) is 0 Å². The summed E-state index contributed by atoms with van der Waals surface area (Å²) >= 11 is 0. The fraction of sp³-hybridized carbons (Fsp3) is 0.769. The van der Waals surface area contributed by atoms with Crippen LogP contribution in [0.5, 0.6) is 0 Å². The monoisotopic (exact) mass is 510 g/mol. The third kappa shape index (κ3) is 8.94. The fourth-order valence-electron chi connectivity index (χ4n) is 5.37. The number of sulfone groups is 1. The first kappa shape index (κ1) is 27.7. The molecule has 9 heteroatoms. The van der Waals surface area contributed by atoms with Gasteiger partial charge in [0.05, 0.1) is 30.5 Å². The smallest absolute Gasteiger partial charge is 0.243 e. The number of hydrogen-bond donors (Lipinski definition) is 2. The molecule has 0 unspecified atom stereocenters. The van der Waals surface area contributed by atoms with E-state index in [1.807, 2.05) is 12.2 Å². The number of amides is 2. The van der Waals surface area contributed by atoms with Crippen molar-refractivity contribution in [3.05, 3.63) is 23.5 Å². The molecule has 0 aromatic carbocycles. The first-order chi connectivity index (χ1) is 16.8. The second-order valence-electron chi connectivity index (χ2n) is 10.2. The number of rotatable bonds is 11. The maximum Gasteiger partial charge on any atom is 0.243 e. The molecule has 2 N–H and O–H groups in total. The highest BCUT2D eigenvalue weighted by Crippen LogP contribution is 2.27. The number of methoxy groups -OCH3 is 2. The molecule has 0 heterocycles. The van der Waals surface area contributed by atoms with Crippen molar-refractivity contribution < 1.29 is 27.5 Å². The normalized spacial score (nSPS) is 24.6. The Kier molecular flexibility index (Phi) is 10.6. The van der Waals surface area contributed by atoms with E-state index in [9.17, 15) is 18.0 Å². The molecule has 0 radical (unpaired) electrons. The third-order valence-corrected chi connectivity index (χ3v) is 9.42. The van der Waals surface area contributed by atoms with Gasteiger partial charge in [-0.3, -0.25) is 9.59 Å². The van der Waals surface area contributed by atoms with E-state index in [2.05, 4.69) is 10.6 Å². The predicted molar refractivity (Wildman–Crippen MR) is 135 cm³/mol. The largest absolute Gasteiger partial charge is 0.501 e. The average molecular weight is 511 g/mol. The quantitative estimate of drug-likeness (QED) is 0.442. The lowest BCUT2D eigenvalue weighted by molar-refractivity contribution is -0.131. The van der Waals surface area contributed by atoms with Crippen LogP contribution in [0.15, 0.2) is 23.5 Å². The van der Waals surface area contributed by atoms with E-state index in [4.69, 9.17) is 9.47 Å². The van der Waals surface area contributed by atoms with Gasteiger partial charge in [-0.1, -0.05) is 30.9 Å². The first-order valence-electron chi connectivity index (χ1n) is 13.0. The van der Waals surface area contributed by atoms with E-state index >= 15 is 0 Å². The molecule has 0 saturated heterocycles. The Balaban J connectivity index is 1.63. The van der Waals surface area contributed by atoms with E-state index in [-0.39, 0.29) is 35.4 Å². The Morgan fingerprint density at radius 3 is 2.31 bits per heavy atom. The van der Waals surface area contributed by atoms with E-state index < -0.39 is 21.8 Å². The number of hydrogen-bond acceptors (Lipinski definition) is 6. The van der Waals surface area contributed by atoms with Crippen molar-refractivity contribution in [1.29, 1.82) is 0 Å². The Labute approximate surface area is 210 Å². The van der Waals surface area contributed by atoms with Gasteiger partial charge in [-0.25, -0.2) is 8.42 Å². The molecular formula is C26H42N2O6S. The second-order valence-corrected chi connectivity index (χ2v) is 12.4. The van der Waals surface area contributed by atoms with Crippen molar-refractivity contribution in [2.24, 2.45) is 11.8 Å². The lowest BCUT2D eigenvalue weighted by atomic mass is 9.86. The average Bonchev–Trinajstić information content (AvgIpc) is 2.87. The van der Waals surface area contributed by atoms with Gasteiger partial charge < -0.3 is 20.1 Å². The zero-order chi connectivity index (χ0) is 25.3. The summed E-state index contributed by atoms with van der Waals surface area (Å²) in [5, 5.41) is 5.65. The summed E-state index contributed by atoms with van der Waals surface area (Å²) in [6, 6.07) is -1.09. The molecule has 2 fully saturated rings. The van der Waals surface area contributed by atoms with Crippen LogP contribution in [0.1, 0.15) is 70.6 Å².